The minimum absolute atomic E-state index is 0.0922. The lowest BCUT2D eigenvalue weighted by molar-refractivity contribution is 0.0954. The normalized spacial score (nSPS) is 11.0. The number of nitrogens with zero attached hydrogens (tertiary/aromatic N) is 2. The van der Waals surface area contributed by atoms with Crippen LogP contribution in [0.15, 0.2) is 60.7 Å². The molecule has 2 aromatic carbocycles. The summed E-state index contributed by atoms with van der Waals surface area (Å²) in [5.74, 6) is -0.0922. The number of pyridine rings is 1. The zero-order valence-electron chi connectivity index (χ0n) is 17.4. The van der Waals surface area contributed by atoms with Crippen molar-refractivity contribution < 1.29 is 4.79 Å². The molecule has 0 saturated heterocycles. The first-order chi connectivity index (χ1) is 14.7. The van der Waals surface area contributed by atoms with E-state index in [0.29, 0.717) is 17.8 Å². The van der Waals surface area contributed by atoms with E-state index in [4.69, 9.17) is 4.98 Å². The number of unbranched alkanes of at least 4 members (excludes halogenated alkanes) is 2. The quantitative estimate of drug-likeness (QED) is 0.403. The number of H-pyrrole nitrogens is 1. The Bertz CT molecular complexity index is 1150. The average molecular weight is 399 g/mol. The van der Waals surface area contributed by atoms with Crippen LogP contribution in [0, 0.1) is 6.92 Å². The Kier molecular flexibility index (Phi) is 5.89. The second kappa shape index (κ2) is 8.91. The number of benzene rings is 2. The van der Waals surface area contributed by atoms with Gasteiger partial charge in [0.25, 0.3) is 5.91 Å². The number of rotatable bonds is 7. The Morgan fingerprint density at radius 1 is 1.00 bits per heavy atom. The molecule has 0 aliphatic heterocycles. The highest BCUT2D eigenvalue weighted by Gasteiger charge is 2.20. The third-order valence-electron chi connectivity index (χ3n) is 5.24. The second-order valence-corrected chi connectivity index (χ2v) is 7.55. The standard InChI is InChI=1S/C25H26N4O/c1-3-4-8-15-26-25(30)20-16-21(18-13-11-17(2)12-14-18)27-24-22(20)23(28-29-24)19-9-6-5-7-10-19/h5-7,9-14,16H,3-4,8,15H2,1-2H3,(H,26,30)(H,27,28,29). The Balaban J connectivity index is 1.82. The minimum atomic E-state index is -0.0922. The van der Waals surface area contributed by atoms with Crippen molar-refractivity contribution in [2.75, 3.05) is 6.54 Å². The van der Waals surface area contributed by atoms with Crippen LogP contribution in [0.1, 0.15) is 42.1 Å². The molecule has 0 fully saturated rings. The molecule has 30 heavy (non-hydrogen) atoms. The summed E-state index contributed by atoms with van der Waals surface area (Å²) < 4.78 is 0. The van der Waals surface area contributed by atoms with Gasteiger partial charge in [0.05, 0.1) is 22.3 Å². The summed E-state index contributed by atoms with van der Waals surface area (Å²) in [7, 11) is 0. The highest BCUT2D eigenvalue weighted by Crippen LogP contribution is 2.31. The SMILES string of the molecule is CCCCCNC(=O)c1cc(-c2ccc(C)cc2)nc2n[nH]c(-c3ccccc3)c12. The van der Waals surface area contributed by atoms with Crippen molar-refractivity contribution in [1.29, 1.82) is 0 Å². The summed E-state index contributed by atoms with van der Waals surface area (Å²) >= 11 is 0. The van der Waals surface area contributed by atoms with E-state index >= 15 is 0 Å². The van der Waals surface area contributed by atoms with Gasteiger partial charge in [-0.25, -0.2) is 4.98 Å². The number of aromatic amines is 1. The van der Waals surface area contributed by atoms with Crippen molar-refractivity contribution in [2.45, 2.75) is 33.1 Å². The number of fused-ring (bicyclic) bond motifs is 1. The average Bonchev–Trinajstić information content (AvgIpc) is 3.21. The molecule has 2 N–H and O–H groups in total. The molecule has 0 bridgehead atoms. The van der Waals surface area contributed by atoms with Crippen molar-refractivity contribution in [3.8, 4) is 22.5 Å². The fourth-order valence-electron chi connectivity index (χ4n) is 3.56. The maximum atomic E-state index is 13.2. The molecule has 5 heteroatoms. The van der Waals surface area contributed by atoms with E-state index < -0.39 is 0 Å². The number of aryl methyl sites for hydroxylation is 1. The third kappa shape index (κ3) is 4.10. The summed E-state index contributed by atoms with van der Waals surface area (Å²) in [4.78, 5) is 17.9. The van der Waals surface area contributed by atoms with Crippen LogP contribution in [0.4, 0.5) is 0 Å². The highest BCUT2D eigenvalue weighted by molar-refractivity contribution is 6.10. The van der Waals surface area contributed by atoms with Gasteiger partial charge in [0.2, 0.25) is 0 Å². The molecule has 152 valence electrons. The topological polar surface area (TPSA) is 70.7 Å². The number of carbonyl (C=O) groups excluding carboxylic acids is 1. The predicted molar refractivity (Wildman–Crippen MR) is 121 cm³/mol. The van der Waals surface area contributed by atoms with E-state index in [1.807, 2.05) is 60.7 Å². The molecule has 0 saturated carbocycles. The molecule has 2 heterocycles. The van der Waals surface area contributed by atoms with Gasteiger partial charge in [-0.05, 0) is 19.4 Å². The minimum Gasteiger partial charge on any atom is -0.352 e. The smallest absolute Gasteiger partial charge is 0.252 e. The largest absolute Gasteiger partial charge is 0.352 e. The molecule has 1 amide bonds. The van der Waals surface area contributed by atoms with Gasteiger partial charge < -0.3 is 5.32 Å². The van der Waals surface area contributed by atoms with Gasteiger partial charge in [-0.3, -0.25) is 9.89 Å². The molecule has 0 spiro atoms. The fourth-order valence-corrected chi connectivity index (χ4v) is 3.56. The third-order valence-corrected chi connectivity index (χ3v) is 5.24. The van der Waals surface area contributed by atoms with Crippen LogP contribution in [0.5, 0.6) is 0 Å². The Hall–Kier alpha value is -3.47. The van der Waals surface area contributed by atoms with E-state index in [9.17, 15) is 4.79 Å². The predicted octanol–water partition coefficient (Wildman–Crippen LogP) is 5.52. The van der Waals surface area contributed by atoms with Crippen molar-refractivity contribution in [1.82, 2.24) is 20.5 Å². The molecular formula is C25H26N4O. The van der Waals surface area contributed by atoms with E-state index in [1.54, 1.807) is 0 Å². The van der Waals surface area contributed by atoms with Gasteiger partial charge in [0.1, 0.15) is 0 Å². The van der Waals surface area contributed by atoms with Crippen molar-refractivity contribution in [2.24, 2.45) is 0 Å². The first-order valence-electron chi connectivity index (χ1n) is 10.5. The highest BCUT2D eigenvalue weighted by atomic mass is 16.1. The van der Waals surface area contributed by atoms with Gasteiger partial charge >= 0.3 is 0 Å². The summed E-state index contributed by atoms with van der Waals surface area (Å²) in [6.07, 6.45) is 3.19. The molecule has 2 aromatic heterocycles. The van der Waals surface area contributed by atoms with Gasteiger partial charge in [-0.2, -0.15) is 5.10 Å². The Morgan fingerprint density at radius 2 is 1.77 bits per heavy atom. The Morgan fingerprint density at radius 3 is 2.50 bits per heavy atom. The van der Waals surface area contributed by atoms with Crippen molar-refractivity contribution >= 4 is 16.9 Å². The number of amides is 1. The molecule has 5 nitrogen and oxygen atoms in total. The van der Waals surface area contributed by atoms with Crippen LogP contribution in [0.2, 0.25) is 0 Å². The van der Waals surface area contributed by atoms with Crippen LogP contribution in [0.25, 0.3) is 33.5 Å². The van der Waals surface area contributed by atoms with Gasteiger partial charge in [0, 0.05) is 17.7 Å². The fraction of sp³-hybridized carbons (Fsp3) is 0.240. The van der Waals surface area contributed by atoms with Crippen LogP contribution in [-0.4, -0.2) is 27.6 Å². The maximum absolute atomic E-state index is 13.2. The molecule has 0 unspecified atom stereocenters. The van der Waals surface area contributed by atoms with E-state index in [-0.39, 0.29) is 5.91 Å². The molecule has 4 rings (SSSR count). The summed E-state index contributed by atoms with van der Waals surface area (Å²) in [6, 6.07) is 19.9. The summed E-state index contributed by atoms with van der Waals surface area (Å²) in [5.41, 5.74) is 5.82. The molecule has 0 aliphatic rings. The first-order valence-corrected chi connectivity index (χ1v) is 10.5. The summed E-state index contributed by atoms with van der Waals surface area (Å²) in [6.45, 7) is 4.87. The van der Waals surface area contributed by atoms with Gasteiger partial charge in [-0.15, -0.1) is 0 Å². The van der Waals surface area contributed by atoms with Crippen LogP contribution >= 0.6 is 0 Å². The molecule has 4 aromatic rings. The number of hydrogen-bond acceptors (Lipinski definition) is 3. The van der Waals surface area contributed by atoms with Crippen molar-refractivity contribution in [3.05, 3.63) is 71.8 Å². The van der Waals surface area contributed by atoms with Crippen molar-refractivity contribution in [3.63, 3.8) is 0 Å². The number of nitrogens with one attached hydrogen (secondary N) is 2. The second-order valence-electron chi connectivity index (χ2n) is 7.55. The zero-order valence-corrected chi connectivity index (χ0v) is 17.4. The van der Waals surface area contributed by atoms with E-state index in [2.05, 4.69) is 29.4 Å². The monoisotopic (exact) mass is 398 g/mol. The number of carbonyl (C=O) groups is 1. The molecular weight excluding hydrogens is 372 g/mol. The van der Waals surface area contributed by atoms with Crippen LogP contribution < -0.4 is 5.32 Å². The van der Waals surface area contributed by atoms with Gasteiger partial charge in [-0.1, -0.05) is 79.9 Å². The zero-order chi connectivity index (χ0) is 20.9. The number of hydrogen-bond donors (Lipinski definition) is 2. The van der Waals surface area contributed by atoms with E-state index in [0.717, 1.165) is 47.2 Å². The maximum Gasteiger partial charge on any atom is 0.252 e. The van der Waals surface area contributed by atoms with Crippen LogP contribution in [0.3, 0.4) is 0 Å². The molecule has 0 aliphatic carbocycles. The lowest BCUT2D eigenvalue weighted by atomic mass is 10.0. The first kappa shape index (κ1) is 19.8. The molecule has 0 radical (unpaired) electrons. The number of aromatic nitrogens is 3. The van der Waals surface area contributed by atoms with Crippen LogP contribution in [-0.2, 0) is 0 Å². The van der Waals surface area contributed by atoms with E-state index in [1.165, 1.54) is 5.56 Å². The Labute approximate surface area is 176 Å². The summed E-state index contributed by atoms with van der Waals surface area (Å²) in [5, 5.41) is 11.4. The lowest BCUT2D eigenvalue weighted by Gasteiger charge is -2.10. The lowest BCUT2D eigenvalue weighted by Crippen LogP contribution is -2.24. The van der Waals surface area contributed by atoms with Gasteiger partial charge in [0.15, 0.2) is 5.65 Å². The molecule has 0 atom stereocenters.